The molecule has 0 saturated carbocycles. The summed E-state index contributed by atoms with van der Waals surface area (Å²) in [6.45, 7) is 3.42. The van der Waals surface area contributed by atoms with E-state index < -0.39 is 24.3 Å². The zero-order valence-electron chi connectivity index (χ0n) is 22.8. The second-order valence-corrected chi connectivity index (χ2v) is 9.25. The molecule has 2 aromatic rings. The van der Waals surface area contributed by atoms with Gasteiger partial charge in [0.2, 0.25) is 0 Å². The molecule has 0 radical (unpaired) electrons. The highest BCUT2D eigenvalue weighted by Crippen LogP contribution is 2.37. The summed E-state index contributed by atoms with van der Waals surface area (Å²) in [5, 5.41) is 28.5. The average molecular weight is 632 g/mol. The Morgan fingerprint density at radius 3 is 2.68 bits per heavy atom. The van der Waals surface area contributed by atoms with E-state index in [9.17, 15) is 14.7 Å². The smallest absolute Gasteiger partial charge is 0.337 e. The molecule has 1 aliphatic heterocycles. The average Bonchev–Trinajstić information content (AvgIpc) is 2.95. The van der Waals surface area contributed by atoms with Crippen LogP contribution in [-0.4, -0.2) is 63.6 Å². The Hall–Kier alpha value is -4.48. The molecule has 4 N–H and O–H groups in total. The number of nitrogens with one attached hydrogen (secondary N) is 3. The van der Waals surface area contributed by atoms with Gasteiger partial charge in [-0.25, -0.2) is 9.59 Å². The summed E-state index contributed by atoms with van der Waals surface area (Å²) in [6.07, 6.45) is 0.288. The molecule has 41 heavy (non-hydrogen) atoms. The van der Waals surface area contributed by atoms with Crippen LogP contribution in [0.3, 0.4) is 0 Å². The number of halogens is 1. The maximum atomic E-state index is 12.4. The van der Waals surface area contributed by atoms with Crippen LogP contribution < -0.4 is 35.0 Å². The van der Waals surface area contributed by atoms with Gasteiger partial charge in [0.25, 0.3) is 0 Å². The van der Waals surface area contributed by atoms with Crippen LogP contribution in [0.15, 0.2) is 51.2 Å². The van der Waals surface area contributed by atoms with E-state index in [0.717, 1.165) is 0 Å². The quantitative estimate of drug-likeness (QED) is 0.111. The van der Waals surface area contributed by atoms with Crippen LogP contribution in [-0.2, 0) is 9.53 Å². The molecule has 2 amide bonds. The fourth-order valence-corrected chi connectivity index (χ4v) is 4.45. The number of hydrogen-bond donors (Lipinski definition) is 4. The maximum absolute atomic E-state index is 12.4. The van der Waals surface area contributed by atoms with Crippen molar-refractivity contribution in [2.24, 2.45) is 5.10 Å². The fraction of sp³-hybridized carbons (Fsp3) is 0.333. The number of amides is 2. The number of methoxy groups -OCH3 is 2. The number of hydrazone groups is 1. The molecule has 0 spiro atoms. The second-order valence-electron chi connectivity index (χ2n) is 8.40. The Bertz CT molecular complexity index is 1370. The number of nitriles is 1. The standard InChI is InChI=1S/C27H30BrN5O8/c1-5-39-20-12-17(24-23(26(35)38-4)15(2)31-27(36)32-24)6-7-19(20)41-14-22(34)33-30-13-16-10-18(28)25(40-9-8-29)21(11-16)37-3/h6-7,10-13,22,24,33-34H,5,9,14H2,1-4H3,(H2,31,32,36)/b30-13-/t22-,24-/m0/s1. The molecule has 0 saturated heterocycles. The minimum absolute atomic E-state index is 0.135. The third-order valence-electron chi connectivity index (χ3n) is 5.64. The highest BCUT2D eigenvalue weighted by atomic mass is 79.9. The Morgan fingerprint density at radius 1 is 1.22 bits per heavy atom. The fourth-order valence-electron chi connectivity index (χ4n) is 3.88. The van der Waals surface area contributed by atoms with Gasteiger partial charge < -0.3 is 39.4 Å². The van der Waals surface area contributed by atoms with Gasteiger partial charge in [-0.15, -0.1) is 0 Å². The SMILES string of the molecule is CCOc1cc([C@@H]2NC(=O)NC(C)=C2C(=O)OC)ccc1OC[C@H](O)N/N=C\c1cc(Br)c(OCC#N)c(OC)c1. The van der Waals surface area contributed by atoms with Crippen molar-refractivity contribution in [2.45, 2.75) is 26.1 Å². The van der Waals surface area contributed by atoms with Gasteiger partial charge in [0.1, 0.15) is 12.7 Å². The van der Waals surface area contributed by atoms with Crippen molar-refractivity contribution < 1.29 is 38.4 Å². The van der Waals surface area contributed by atoms with Crippen molar-refractivity contribution in [1.82, 2.24) is 16.1 Å². The lowest BCUT2D eigenvalue weighted by atomic mass is 9.95. The van der Waals surface area contributed by atoms with E-state index in [0.29, 0.717) is 50.9 Å². The molecule has 0 unspecified atom stereocenters. The zero-order chi connectivity index (χ0) is 29.9. The van der Waals surface area contributed by atoms with Crippen molar-refractivity contribution >= 4 is 34.1 Å². The highest BCUT2D eigenvalue weighted by Gasteiger charge is 2.32. The number of ether oxygens (including phenoxy) is 5. The molecule has 0 aromatic heterocycles. The minimum Gasteiger partial charge on any atom is -0.493 e. The number of hydrogen-bond acceptors (Lipinski definition) is 11. The van der Waals surface area contributed by atoms with Crippen molar-refractivity contribution in [1.29, 1.82) is 5.26 Å². The van der Waals surface area contributed by atoms with Gasteiger partial charge in [0.05, 0.1) is 43.1 Å². The lowest BCUT2D eigenvalue weighted by molar-refractivity contribution is -0.136. The van der Waals surface area contributed by atoms with Crippen LogP contribution in [0.1, 0.15) is 31.0 Å². The summed E-state index contributed by atoms with van der Waals surface area (Å²) in [5.41, 5.74) is 4.42. The number of esters is 1. The van der Waals surface area contributed by atoms with E-state index >= 15 is 0 Å². The third kappa shape index (κ3) is 8.03. The van der Waals surface area contributed by atoms with Gasteiger partial charge >= 0.3 is 12.0 Å². The van der Waals surface area contributed by atoms with E-state index in [1.54, 1.807) is 44.2 Å². The van der Waals surface area contributed by atoms with Crippen molar-refractivity contribution in [2.75, 3.05) is 34.0 Å². The number of carbonyl (C=O) groups is 2. The first-order chi connectivity index (χ1) is 19.7. The third-order valence-corrected chi connectivity index (χ3v) is 6.23. The molecule has 1 heterocycles. The van der Waals surface area contributed by atoms with E-state index in [4.69, 9.17) is 28.9 Å². The predicted molar refractivity (Wildman–Crippen MR) is 151 cm³/mol. The number of rotatable bonds is 13. The Balaban J connectivity index is 1.69. The summed E-state index contributed by atoms with van der Waals surface area (Å²) < 4.78 is 27.6. The lowest BCUT2D eigenvalue weighted by Gasteiger charge is -2.28. The Labute approximate surface area is 245 Å². The van der Waals surface area contributed by atoms with Crippen molar-refractivity contribution in [3.8, 4) is 29.1 Å². The van der Waals surface area contributed by atoms with Gasteiger partial charge in [-0.2, -0.15) is 10.4 Å². The molecule has 218 valence electrons. The number of aliphatic hydroxyl groups is 1. The van der Waals surface area contributed by atoms with Gasteiger partial charge in [-0.3, -0.25) is 5.43 Å². The van der Waals surface area contributed by atoms with Gasteiger partial charge in [0.15, 0.2) is 35.8 Å². The molecule has 2 atom stereocenters. The number of nitrogens with zero attached hydrogens (tertiary/aromatic N) is 2. The molecule has 3 rings (SSSR count). The molecule has 13 nitrogen and oxygen atoms in total. The number of benzene rings is 2. The summed E-state index contributed by atoms with van der Waals surface area (Å²) in [5.74, 6) is 0.898. The number of allylic oxidation sites excluding steroid dienone is 1. The van der Waals surface area contributed by atoms with Crippen LogP contribution >= 0.6 is 15.9 Å². The number of aliphatic hydroxyl groups excluding tert-OH is 1. The highest BCUT2D eigenvalue weighted by molar-refractivity contribution is 9.10. The maximum Gasteiger partial charge on any atom is 0.337 e. The lowest BCUT2D eigenvalue weighted by Crippen LogP contribution is -2.45. The van der Waals surface area contributed by atoms with Gasteiger partial charge in [0, 0.05) is 5.70 Å². The molecular weight excluding hydrogens is 602 g/mol. The number of carbonyl (C=O) groups excluding carboxylic acids is 2. The van der Waals surface area contributed by atoms with Crippen molar-refractivity contribution in [3.05, 3.63) is 57.2 Å². The van der Waals surface area contributed by atoms with E-state index in [1.165, 1.54) is 20.4 Å². The van der Waals surface area contributed by atoms with E-state index in [1.807, 2.05) is 6.07 Å². The molecule has 0 fully saturated rings. The van der Waals surface area contributed by atoms with Crippen LogP contribution in [0.5, 0.6) is 23.0 Å². The van der Waals surface area contributed by atoms with Crippen LogP contribution in [0.25, 0.3) is 0 Å². The first kappa shape index (κ1) is 31.1. The first-order valence-corrected chi connectivity index (χ1v) is 13.1. The second kappa shape index (κ2) is 14.8. The van der Waals surface area contributed by atoms with Gasteiger partial charge in [-0.05, 0) is 65.2 Å². The monoisotopic (exact) mass is 631 g/mol. The molecule has 2 aromatic carbocycles. The van der Waals surface area contributed by atoms with E-state index in [2.05, 4.69) is 37.1 Å². The molecule has 1 aliphatic rings. The van der Waals surface area contributed by atoms with Crippen LogP contribution in [0, 0.1) is 11.3 Å². The topological polar surface area (TPSA) is 173 Å². The zero-order valence-corrected chi connectivity index (χ0v) is 24.4. The summed E-state index contributed by atoms with van der Waals surface area (Å²) in [7, 11) is 2.74. The van der Waals surface area contributed by atoms with Crippen LogP contribution in [0.2, 0.25) is 0 Å². The normalized spacial score (nSPS) is 15.3. The predicted octanol–water partition coefficient (Wildman–Crippen LogP) is 2.88. The summed E-state index contributed by atoms with van der Waals surface area (Å²) >= 11 is 3.38. The Kier molecular flexibility index (Phi) is 11.2. The number of urea groups is 1. The Morgan fingerprint density at radius 2 is 2.00 bits per heavy atom. The molecular formula is C27H30BrN5O8. The minimum atomic E-state index is -1.18. The largest absolute Gasteiger partial charge is 0.493 e. The molecule has 0 aliphatic carbocycles. The summed E-state index contributed by atoms with van der Waals surface area (Å²) in [6, 6.07) is 9.00. The van der Waals surface area contributed by atoms with Crippen molar-refractivity contribution in [3.63, 3.8) is 0 Å². The molecule has 14 heteroatoms. The molecule has 0 bridgehead atoms. The van der Waals surface area contributed by atoms with E-state index in [-0.39, 0.29) is 18.8 Å². The summed E-state index contributed by atoms with van der Waals surface area (Å²) in [4.78, 5) is 24.5. The first-order valence-electron chi connectivity index (χ1n) is 12.3. The van der Waals surface area contributed by atoms with Gasteiger partial charge in [-0.1, -0.05) is 6.07 Å². The van der Waals surface area contributed by atoms with Crippen LogP contribution in [0.4, 0.5) is 4.79 Å².